The molecule has 1 aromatic carbocycles. The van der Waals surface area contributed by atoms with Crippen molar-refractivity contribution in [3.63, 3.8) is 0 Å². The molecule has 29 heavy (non-hydrogen) atoms. The van der Waals surface area contributed by atoms with E-state index < -0.39 is 0 Å². The highest BCUT2D eigenvalue weighted by Crippen LogP contribution is 2.36. The Balaban J connectivity index is 1.44. The fourth-order valence-corrected chi connectivity index (χ4v) is 4.43. The molecule has 0 N–H and O–H groups in total. The average molecular weight is 415 g/mol. The number of rotatable bonds is 6. The lowest BCUT2D eigenvalue weighted by Crippen LogP contribution is -2.38. The minimum absolute atomic E-state index is 0.155. The molecule has 2 aromatic rings. The minimum Gasteiger partial charge on any atom is -0.485 e. The van der Waals surface area contributed by atoms with E-state index in [1.807, 2.05) is 33.7 Å². The first kappa shape index (κ1) is 19.8. The predicted molar refractivity (Wildman–Crippen MR) is 111 cm³/mol. The Morgan fingerprint density at radius 1 is 1.28 bits per heavy atom. The number of ether oxygens (including phenoxy) is 2. The molecule has 1 saturated heterocycles. The first-order valence-corrected chi connectivity index (χ1v) is 11.0. The number of para-hydroxylation sites is 2. The van der Waals surface area contributed by atoms with E-state index in [2.05, 4.69) is 23.7 Å². The van der Waals surface area contributed by atoms with E-state index >= 15 is 0 Å². The van der Waals surface area contributed by atoms with Gasteiger partial charge >= 0.3 is 0 Å². The number of aromatic nitrogens is 3. The van der Waals surface area contributed by atoms with Crippen LogP contribution in [0.5, 0.6) is 11.5 Å². The lowest BCUT2D eigenvalue weighted by atomic mass is 9.99. The van der Waals surface area contributed by atoms with Crippen LogP contribution in [0.4, 0.5) is 0 Å². The summed E-state index contributed by atoms with van der Waals surface area (Å²) in [6.45, 7) is 8.68. The molecule has 1 atom stereocenters. The van der Waals surface area contributed by atoms with E-state index in [0.717, 1.165) is 31.7 Å². The van der Waals surface area contributed by atoms with Crippen molar-refractivity contribution in [2.45, 2.75) is 37.6 Å². The van der Waals surface area contributed by atoms with E-state index in [4.69, 9.17) is 9.47 Å². The molecule has 1 unspecified atom stereocenters. The van der Waals surface area contributed by atoms with E-state index in [-0.39, 0.29) is 12.0 Å². The van der Waals surface area contributed by atoms with Crippen molar-refractivity contribution in [3.8, 4) is 11.5 Å². The Labute approximate surface area is 175 Å². The Hall–Kier alpha value is -2.48. The van der Waals surface area contributed by atoms with E-state index in [1.165, 1.54) is 11.8 Å². The van der Waals surface area contributed by atoms with Crippen LogP contribution in [0, 0.1) is 5.92 Å². The second kappa shape index (κ2) is 8.90. The Morgan fingerprint density at radius 2 is 2.03 bits per heavy atom. The number of thioether (sulfide) groups is 1. The molecule has 3 heterocycles. The zero-order valence-corrected chi connectivity index (χ0v) is 17.4. The van der Waals surface area contributed by atoms with Crippen molar-refractivity contribution in [2.75, 3.05) is 25.4 Å². The van der Waals surface area contributed by atoms with Crippen molar-refractivity contribution in [1.82, 2.24) is 19.7 Å². The smallest absolute Gasteiger partial charge is 0.233 e. The van der Waals surface area contributed by atoms with Gasteiger partial charge in [-0.3, -0.25) is 9.36 Å². The largest absolute Gasteiger partial charge is 0.485 e. The summed E-state index contributed by atoms with van der Waals surface area (Å²) in [4.78, 5) is 14.5. The Kier molecular flexibility index (Phi) is 6.08. The third-order valence-corrected chi connectivity index (χ3v) is 6.27. The van der Waals surface area contributed by atoms with Gasteiger partial charge in [-0.2, -0.15) is 0 Å². The summed E-state index contributed by atoms with van der Waals surface area (Å²) >= 11 is 1.41. The lowest BCUT2D eigenvalue weighted by Gasteiger charge is -2.30. The van der Waals surface area contributed by atoms with Crippen LogP contribution < -0.4 is 9.47 Å². The van der Waals surface area contributed by atoms with Crippen LogP contribution >= 0.6 is 11.8 Å². The Morgan fingerprint density at radius 3 is 2.79 bits per heavy atom. The van der Waals surface area contributed by atoms with Gasteiger partial charge in [0.25, 0.3) is 0 Å². The van der Waals surface area contributed by atoms with Crippen LogP contribution in [-0.4, -0.2) is 51.0 Å². The first-order chi connectivity index (χ1) is 14.2. The lowest BCUT2D eigenvalue weighted by molar-refractivity contribution is -0.129. The molecule has 0 saturated carbocycles. The monoisotopic (exact) mass is 414 g/mol. The molecule has 154 valence electrons. The number of piperidine rings is 1. The van der Waals surface area contributed by atoms with Gasteiger partial charge in [-0.1, -0.05) is 36.9 Å². The van der Waals surface area contributed by atoms with Crippen LogP contribution in [0.1, 0.15) is 31.7 Å². The average Bonchev–Trinajstić information content (AvgIpc) is 3.15. The molecule has 1 amide bonds. The van der Waals surface area contributed by atoms with Crippen LogP contribution in [0.3, 0.4) is 0 Å². The number of likely N-dealkylation sites (tertiary alicyclic amines) is 1. The fourth-order valence-electron chi connectivity index (χ4n) is 3.57. The van der Waals surface area contributed by atoms with E-state index in [9.17, 15) is 4.79 Å². The molecule has 7 nitrogen and oxygen atoms in total. The zero-order chi connectivity index (χ0) is 20.2. The summed E-state index contributed by atoms with van der Waals surface area (Å²) in [6, 6.07) is 7.59. The maximum Gasteiger partial charge on any atom is 0.233 e. The maximum absolute atomic E-state index is 12.6. The van der Waals surface area contributed by atoms with E-state index in [0.29, 0.717) is 41.6 Å². The molecule has 2 aliphatic rings. The molecule has 2 aliphatic heterocycles. The van der Waals surface area contributed by atoms with Gasteiger partial charge in [0.2, 0.25) is 5.91 Å². The van der Waals surface area contributed by atoms with Gasteiger partial charge in [0, 0.05) is 19.6 Å². The molecule has 1 fully saturated rings. The normalized spacial score (nSPS) is 19.2. The van der Waals surface area contributed by atoms with Crippen molar-refractivity contribution in [1.29, 1.82) is 0 Å². The molecule has 0 aliphatic carbocycles. The number of allylic oxidation sites excluding steroid dienone is 1. The molecule has 1 aromatic heterocycles. The summed E-state index contributed by atoms with van der Waals surface area (Å²) in [5, 5.41) is 9.36. The molecular weight excluding hydrogens is 388 g/mol. The number of hydrogen-bond acceptors (Lipinski definition) is 6. The number of benzene rings is 1. The number of nitrogens with zero attached hydrogens (tertiary/aromatic N) is 4. The molecule has 4 rings (SSSR count). The summed E-state index contributed by atoms with van der Waals surface area (Å²) in [7, 11) is 0. The fraction of sp³-hybridized carbons (Fsp3) is 0.476. The van der Waals surface area contributed by atoms with Crippen LogP contribution in [0.2, 0.25) is 0 Å². The Bertz CT molecular complexity index is 877. The highest BCUT2D eigenvalue weighted by Gasteiger charge is 2.29. The predicted octanol–water partition coefficient (Wildman–Crippen LogP) is 3.33. The summed E-state index contributed by atoms with van der Waals surface area (Å²) in [5.74, 6) is 3.32. The third kappa shape index (κ3) is 4.42. The van der Waals surface area contributed by atoms with Crippen molar-refractivity contribution in [3.05, 3.63) is 42.7 Å². The molecular formula is C21H26N4O3S. The second-order valence-corrected chi connectivity index (χ2v) is 8.40. The van der Waals surface area contributed by atoms with E-state index in [1.54, 1.807) is 6.08 Å². The second-order valence-electron chi connectivity index (χ2n) is 7.46. The zero-order valence-electron chi connectivity index (χ0n) is 16.6. The van der Waals surface area contributed by atoms with Crippen LogP contribution in [-0.2, 0) is 11.3 Å². The van der Waals surface area contributed by atoms with Crippen LogP contribution in [0.25, 0.3) is 0 Å². The summed E-state index contributed by atoms with van der Waals surface area (Å²) in [6.07, 6.45) is 3.59. The minimum atomic E-state index is -0.356. The molecule has 0 bridgehead atoms. The summed E-state index contributed by atoms with van der Waals surface area (Å²) < 4.78 is 13.9. The van der Waals surface area contributed by atoms with Gasteiger partial charge in [0.05, 0.1) is 5.75 Å². The van der Waals surface area contributed by atoms with Gasteiger partial charge in [0.1, 0.15) is 6.61 Å². The third-order valence-electron chi connectivity index (χ3n) is 5.31. The summed E-state index contributed by atoms with van der Waals surface area (Å²) in [5.41, 5.74) is 0. The number of fused-ring (bicyclic) bond motifs is 1. The van der Waals surface area contributed by atoms with Crippen molar-refractivity contribution in [2.24, 2.45) is 5.92 Å². The maximum atomic E-state index is 12.6. The number of hydrogen-bond donors (Lipinski definition) is 0. The standard InChI is InChI=1S/C21H26N4O3S/c1-3-10-25-20(18-13-27-16-6-4-5-7-17(16)28-18)22-23-21(25)29-14-19(26)24-11-8-15(2)9-12-24/h3-7,15,18H,1,8-14H2,2H3. The van der Waals surface area contributed by atoms with Gasteiger partial charge in [-0.15, -0.1) is 16.8 Å². The van der Waals surface area contributed by atoms with Gasteiger partial charge in [-0.25, -0.2) is 0 Å². The van der Waals surface area contributed by atoms with Gasteiger partial charge < -0.3 is 14.4 Å². The molecule has 0 spiro atoms. The highest BCUT2D eigenvalue weighted by molar-refractivity contribution is 7.99. The molecule has 8 heteroatoms. The highest BCUT2D eigenvalue weighted by atomic mass is 32.2. The van der Waals surface area contributed by atoms with Crippen molar-refractivity contribution >= 4 is 17.7 Å². The topological polar surface area (TPSA) is 69.5 Å². The van der Waals surface area contributed by atoms with Gasteiger partial charge in [-0.05, 0) is 30.9 Å². The van der Waals surface area contributed by atoms with Gasteiger partial charge in [0.15, 0.2) is 28.6 Å². The van der Waals surface area contributed by atoms with Crippen LogP contribution in [0.15, 0.2) is 42.1 Å². The quantitative estimate of drug-likeness (QED) is 0.533. The SMILES string of the molecule is C=CCn1c(SCC(=O)N2CCC(C)CC2)nnc1C1COc2ccccc2O1. The number of carbonyl (C=O) groups is 1. The van der Waals surface area contributed by atoms with Crippen molar-refractivity contribution < 1.29 is 14.3 Å². The number of carbonyl (C=O) groups excluding carboxylic acids is 1. The number of amides is 1. The first-order valence-electron chi connectivity index (χ1n) is 9.98. The molecule has 0 radical (unpaired) electrons.